The standard InChI is InChI=1S/C22H25ClN4O/c1-17-7-8-19(23)15-21(17)26-13-11-25(12-14-26)16-22(28)27-10-9-20(24-27)18-5-3-2-4-6-18/h2-8,15H,9-14,16H2,1H3/p+1. The highest BCUT2D eigenvalue weighted by Gasteiger charge is 2.28. The number of halogens is 1. The molecule has 1 N–H and O–H groups in total. The normalized spacial score (nSPS) is 17.7. The first-order valence-corrected chi connectivity index (χ1v) is 10.3. The van der Waals surface area contributed by atoms with Crippen molar-refractivity contribution in [1.29, 1.82) is 0 Å². The van der Waals surface area contributed by atoms with Gasteiger partial charge < -0.3 is 9.80 Å². The van der Waals surface area contributed by atoms with Gasteiger partial charge in [0.25, 0.3) is 5.91 Å². The van der Waals surface area contributed by atoms with Crippen LogP contribution in [0.15, 0.2) is 53.6 Å². The van der Waals surface area contributed by atoms with Gasteiger partial charge in [0.05, 0.1) is 38.4 Å². The van der Waals surface area contributed by atoms with Gasteiger partial charge in [-0.05, 0) is 30.2 Å². The molecule has 0 unspecified atom stereocenters. The molecule has 5 nitrogen and oxygen atoms in total. The van der Waals surface area contributed by atoms with Crippen LogP contribution in [0.2, 0.25) is 5.02 Å². The average Bonchev–Trinajstić information content (AvgIpc) is 3.22. The lowest BCUT2D eigenvalue weighted by Crippen LogP contribution is -3.15. The van der Waals surface area contributed by atoms with Crippen LogP contribution in [0.25, 0.3) is 0 Å². The lowest BCUT2D eigenvalue weighted by Gasteiger charge is -2.34. The van der Waals surface area contributed by atoms with E-state index >= 15 is 0 Å². The van der Waals surface area contributed by atoms with E-state index in [1.165, 1.54) is 16.2 Å². The molecule has 0 aliphatic carbocycles. The minimum atomic E-state index is 0.119. The summed E-state index contributed by atoms with van der Waals surface area (Å²) in [6, 6.07) is 16.1. The number of carbonyl (C=O) groups is 1. The second-order valence-electron chi connectivity index (χ2n) is 7.52. The van der Waals surface area contributed by atoms with Gasteiger partial charge in [-0.1, -0.05) is 48.0 Å². The first-order valence-electron chi connectivity index (χ1n) is 9.88. The number of nitrogens with one attached hydrogen (secondary N) is 1. The zero-order valence-corrected chi connectivity index (χ0v) is 17.0. The summed E-state index contributed by atoms with van der Waals surface area (Å²) in [5, 5.41) is 7.00. The number of nitrogens with zero attached hydrogens (tertiary/aromatic N) is 3. The highest BCUT2D eigenvalue weighted by atomic mass is 35.5. The van der Waals surface area contributed by atoms with Crippen LogP contribution in [0.3, 0.4) is 0 Å². The van der Waals surface area contributed by atoms with E-state index in [2.05, 4.69) is 35.1 Å². The van der Waals surface area contributed by atoms with E-state index < -0.39 is 0 Å². The van der Waals surface area contributed by atoms with Gasteiger partial charge in [0.1, 0.15) is 0 Å². The van der Waals surface area contributed by atoms with Crippen molar-refractivity contribution in [3.63, 3.8) is 0 Å². The molecule has 28 heavy (non-hydrogen) atoms. The fourth-order valence-electron chi connectivity index (χ4n) is 3.94. The van der Waals surface area contributed by atoms with Gasteiger partial charge in [-0.15, -0.1) is 0 Å². The van der Waals surface area contributed by atoms with Crippen LogP contribution in [0.1, 0.15) is 17.5 Å². The number of hydrazone groups is 1. The third-order valence-corrected chi connectivity index (χ3v) is 5.82. The predicted octanol–water partition coefficient (Wildman–Crippen LogP) is 1.99. The van der Waals surface area contributed by atoms with Crippen LogP contribution in [-0.4, -0.2) is 55.9 Å². The van der Waals surface area contributed by atoms with E-state index in [1.807, 2.05) is 30.3 Å². The molecule has 2 aromatic rings. The van der Waals surface area contributed by atoms with E-state index in [0.717, 1.165) is 48.9 Å². The first kappa shape index (κ1) is 19.0. The zero-order valence-electron chi connectivity index (χ0n) is 16.2. The second kappa shape index (κ2) is 8.33. The number of hydrogen-bond acceptors (Lipinski definition) is 3. The maximum Gasteiger partial charge on any atom is 0.297 e. The lowest BCUT2D eigenvalue weighted by molar-refractivity contribution is -0.892. The summed E-state index contributed by atoms with van der Waals surface area (Å²) in [7, 11) is 0. The van der Waals surface area contributed by atoms with E-state index in [4.69, 9.17) is 11.6 Å². The molecule has 0 saturated carbocycles. The van der Waals surface area contributed by atoms with Crippen LogP contribution in [0.5, 0.6) is 0 Å². The van der Waals surface area contributed by atoms with E-state index in [-0.39, 0.29) is 5.91 Å². The van der Waals surface area contributed by atoms with Crippen LogP contribution >= 0.6 is 11.6 Å². The molecule has 146 valence electrons. The number of piperazine rings is 1. The van der Waals surface area contributed by atoms with Crippen molar-refractivity contribution in [1.82, 2.24) is 5.01 Å². The Morgan fingerprint density at radius 1 is 1.11 bits per heavy atom. The van der Waals surface area contributed by atoms with Crippen molar-refractivity contribution < 1.29 is 9.69 Å². The summed E-state index contributed by atoms with van der Waals surface area (Å²) < 4.78 is 0. The number of amides is 1. The van der Waals surface area contributed by atoms with Crippen LogP contribution in [0.4, 0.5) is 5.69 Å². The Bertz CT molecular complexity index is 875. The minimum Gasteiger partial charge on any atom is -0.360 e. The molecule has 0 spiro atoms. The van der Waals surface area contributed by atoms with Crippen molar-refractivity contribution in [3.8, 4) is 0 Å². The Kier molecular flexibility index (Phi) is 5.64. The zero-order chi connectivity index (χ0) is 19.5. The molecule has 2 aliphatic rings. The number of hydrogen-bond donors (Lipinski definition) is 1. The summed E-state index contributed by atoms with van der Waals surface area (Å²) in [5.74, 6) is 0.119. The smallest absolute Gasteiger partial charge is 0.297 e. The van der Waals surface area contributed by atoms with Gasteiger partial charge in [0.2, 0.25) is 0 Å². The molecule has 0 radical (unpaired) electrons. The maximum absolute atomic E-state index is 12.7. The van der Waals surface area contributed by atoms with Crippen LogP contribution in [0, 0.1) is 6.92 Å². The van der Waals surface area contributed by atoms with E-state index in [0.29, 0.717) is 13.1 Å². The quantitative estimate of drug-likeness (QED) is 0.857. The van der Waals surface area contributed by atoms with Crippen molar-refractivity contribution in [3.05, 3.63) is 64.7 Å². The molecule has 2 heterocycles. The summed E-state index contributed by atoms with van der Waals surface area (Å²) in [5.41, 5.74) is 4.55. The first-order chi connectivity index (χ1) is 13.6. The van der Waals surface area contributed by atoms with Gasteiger partial charge in [0, 0.05) is 17.1 Å². The number of aryl methyl sites for hydroxylation is 1. The topological polar surface area (TPSA) is 40.4 Å². The Balaban J connectivity index is 1.32. The fourth-order valence-corrected chi connectivity index (χ4v) is 4.11. The van der Waals surface area contributed by atoms with E-state index in [1.54, 1.807) is 5.01 Å². The monoisotopic (exact) mass is 397 g/mol. The average molecular weight is 398 g/mol. The van der Waals surface area contributed by atoms with Crippen LogP contribution < -0.4 is 9.80 Å². The highest BCUT2D eigenvalue weighted by Crippen LogP contribution is 2.24. The third-order valence-electron chi connectivity index (χ3n) is 5.58. The number of benzene rings is 2. The van der Waals surface area contributed by atoms with Crippen molar-refractivity contribution in [2.75, 3.05) is 44.2 Å². The number of anilines is 1. The largest absolute Gasteiger partial charge is 0.360 e. The van der Waals surface area contributed by atoms with Crippen molar-refractivity contribution in [2.45, 2.75) is 13.3 Å². The summed E-state index contributed by atoms with van der Waals surface area (Å²) in [4.78, 5) is 16.4. The molecule has 0 aromatic heterocycles. The highest BCUT2D eigenvalue weighted by molar-refractivity contribution is 6.30. The minimum absolute atomic E-state index is 0.119. The molecule has 1 fully saturated rings. The Morgan fingerprint density at radius 2 is 1.86 bits per heavy atom. The van der Waals surface area contributed by atoms with Crippen molar-refractivity contribution in [2.24, 2.45) is 5.10 Å². The Hall–Kier alpha value is -2.37. The van der Waals surface area contributed by atoms with Gasteiger partial charge in [-0.2, -0.15) is 5.10 Å². The predicted molar refractivity (Wildman–Crippen MR) is 113 cm³/mol. The maximum atomic E-state index is 12.7. The third kappa shape index (κ3) is 4.21. The van der Waals surface area contributed by atoms with Crippen molar-refractivity contribution >= 4 is 28.9 Å². The lowest BCUT2D eigenvalue weighted by atomic mass is 10.1. The summed E-state index contributed by atoms with van der Waals surface area (Å²) in [6.07, 6.45) is 0.826. The van der Waals surface area contributed by atoms with Crippen LogP contribution in [-0.2, 0) is 4.79 Å². The van der Waals surface area contributed by atoms with E-state index in [9.17, 15) is 4.79 Å². The molecular weight excluding hydrogens is 372 g/mol. The fraction of sp³-hybridized carbons (Fsp3) is 0.364. The molecule has 0 atom stereocenters. The molecule has 1 amide bonds. The Labute approximate surface area is 171 Å². The molecule has 0 bridgehead atoms. The number of quaternary nitrogens is 1. The van der Waals surface area contributed by atoms with Gasteiger partial charge >= 0.3 is 0 Å². The summed E-state index contributed by atoms with van der Waals surface area (Å²) >= 11 is 6.17. The molecule has 1 saturated heterocycles. The molecule has 6 heteroatoms. The van der Waals surface area contributed by atoms with Gasteiger partial charge in [-0.25, -0.2) is 5.01 Å². The molecule has 4 rings (SSSR count). The second-order valence-corrected chi connectivity index (χ2v) is 7.96. The molecule has 2 aliphatic heterocycles. The van der Waals surface area contributed by atoms with Gasteiger partial charge in [0.15, 0.2) is 6.54 Å². The number of rotatable bonds is 4. The Morgan fingerprint density at radius 3 is 2.61 bits per heavy atom. The molecular formula is C22H26ClN4O+. The SMILES string of the molecule is Cc1ccc(Cl)cc1N1CC[NH+](CC(=O)N2CCC(c3ccccc3)=N2)CC1. The molecule has 2 aromatic carbocycles. The summed E-state index contributed by atoms with van der Waals surface area (Å²) in [6.45, 7) is 7.06. The number of carbonyl (C=O) groups excluding carboxylic acids is 1. The van der Waals surface area contributed by atoms with Gasteiger partial charge in [-0.3, -0.25) is 4.79 Å².